The topological polar surface area (TPSA) is 26.3 Å². The van der Waals surface area contributed by atoms with E-state index in [0.29, 0.717) is 12.2 Å². The number of ether oxygens (including phenoxy) is 1. The maximum absolute atomic E-state index is 12.9. The van der Waals surface area contributed by atoms with Gasteiger partial charge in [0.2, 0.25) is 0 Å². The molecule has 0 aromatic heterocycles. The van der Waals surface area contributed by atoms with Gasteiger partial charge in [-0.2, -0.15) is 0 Å². The highest BCUT2D eigenvalue weighted by Crippen LogP contribution is 2.19. The molecule has 0 saturated heterocycles. The van der Waals surface area contributed by atoms with Crippen LogP contribution in [0.1, 0.15) is 37.6 Å². The van der Waals surface area contributed by atoms with E-state index in [1.54, 1.807) is 0 Å². The lowest BCUT2D eigenvalue weighted by Crippen LogP contribution is -2.13. The highest BCUT2D eigenvalue weighted by molar-refractivity contribution is 7.80. The molecule has 94 valence electrons. The van der Waals surface area contributed by atoms with Gasteiger partial charge in [-0.15, -0.1) is 12.6 Å². The third-order valence-electron chi connectivity index (χ3n) is 2.27. The molecule has 0 unspecified atom stereocenters. The number of benzene rings is 1. The standard InChI is InChI=1S/C13H17FO2S/c1-13(2,3)6-7-16-12(15)9-4-5-10(14)11(17)8-9/h4-5,8,17H,6-7H2,1-3H3. The molecule has 1 rings (SSSR count). The van der Waals surface area contributed by atoms with Gasteiger partial charge in [-0.25, -0.2) is 9.18 Å². The Labute approximate surface area is 107 Å². The van der Waals surface area contributed by atoms with Gasteiger partial charge in [0, 0.05) is 4.90 Å². The first-order chi connectivity index (χ1) is 7.79. The van der Waals surface area contributed by atoms with E-state index < -0.39 is 11.8 Å². The van der Waals surface area contributed by atoms with Gasteiger partial charge in [0.15, 0.2) is 0 Å². The second-order valence-corrected chi connectivity index (χ2v) is 5.59. The van der Waals surface area contributed by atoms with Crippen molar-refractivity contribution in [3.63, 3.8) is 0 Å². The summed E-state index contributed by atoms with van der Waals surface area (Å²) in [5.41, 5.74) is 0.447. The van der Waals surface area contributed by atoms with Gasteiger partial charge >= 0.3 is 5.97 Å². The highest BCUT2D eigenvalue weighted by Gasteiger charge is 2.13. The molecule has 4 heteroatoms. The lowest BCUT2D eigenvalue weighted by Gasteiger charge is -2.17. The number of thiol groups is 1. The summed E-state index contributed by atoms with van der Waals surface area (Å²) in [5, 5.41) is 0. The Balaban J connectivity index is 2.56. The van der Waals surface area contributed by atoms with Crippen LogP contribution < -0.4 is 0 Å². The molecule has 0 saturated carbocycles. The quantitative estimate of drug-likeness (QED) is 0.659. The molecule has 0 atom stereocenters. The largest absolute Gasteiger partial charge is 0.462 e. The molecule has 2 nitrogen and oxygen atoms in total. The van der Waals surface area contributed by atoms with Crippen molar-refractivity contribution in [1.29, 1.82) is 0 Å². The van der Waals surface area contributed by atoms with E-state index in [1.807, 2.05) is 0 Å². The number of halogens is 1. The van der Waals surface area contributed by atoms with Gasteiger partial charge in [-0.1, -0.05) is 20.8 Å². The monoisotopic (exact) mass is 256 g/mol. The smallest absolute Gasteiger partial charge is 0.338 e. The van der Waals surface area contributed by atoms with Gasteiger partial charge in [0.05, 0.1) is 12.2 Å². The van der Waals surface area contributed by atoms with Crippen LogP contribution in [0.25, 0.3) is 0 Å². The number of hydrogen-bond acceptors (Lipinski definition) is 3. The Morgan fingerprint density at radius 3 is 2.59 bits per heavy atom. The summed E-state index contributed by atoms with van der Waals surface area (Å²) in [6, 6.07) is 3.98. The van der Waals surface area contributed by atoms with Crippen LogP contribution in [0.2, 0.25) is 0 Å². The summed E-state index contributed by atoms with van der Waals surface area (Å²) in [6.07, 6.45) is 0.785. The number of esters is 1. The van der Waals surface area contributed by atoms with Crippen LogP contribution in [0.3, 0.4) is 0 Å². The van der Waals surface area contributed by atoms with Gasteiger partial charge < -0.3 is 4.74 Å². The first-order valence-corrected chi connectivity index (χ1v) is 5.90. The van der Waals surface area contributed by atoms with Crippen molar-refractivity contribution in [3.8, 4) is 0 Å². The Kier molecular flexibility index (Phi) is 4.57. The summed E-state index contributed by atoms with van der Waals surface area (Å²) in [5.74, 6) is -0.885. The summed E-state index contributed by atoms with van der Waals surface area (Å²) in [7, 11) is 0. The minimum Gasteiger partial charge on any atom is -0.462 e. The molecular formula is C13H17FO2S. The first-order valence-electron chi connectivity index (χ1n) is 5.45. The molecular weight excluding hydrogens is 239 g/mol. The van der Waals surface area contributed by atoms with E-state index in [1.165, 1.54) is 18.2 Å². The van der Waals surface area contributed by atoms with Gasteiger partial charge in [0.1, 0.15) is 5.82 Å². The fourth-order valence-corrected chi connectivity index (χ4v) is 1.39. The molecule has 0 aliphatic carbocycles. The summed E-state index contributed by atoms with van der Waals surface area (Å²) in [4.78, 5) is 11.8. The van der Waals surface area contributed by atoms with E-state index >= 15 is 0 Å². The Morgan fingerprint density at radius 1 is 1.41 bits per heavy atom. The number of carbonyl (C=O) groups excluding carboxylic acids is 1. The van der Waals surface area contributed by atoms with E-state index in [4.69, 9.17) is 4.74 Å². The molecule has 0 N–H and O–H groups in total. The van der Waals surface area contributed by atoms with Crippen LogP contribution in [0.4, 0.5) is 4.39 Å². The number of rotatable bonds is 3. The van der Waals surface area contributed by atoms with Crippen molar-refractivity contribution in [2.75, 3.05) is 6.61 Å². The summed E-state index contributed by atoms with van der Waals surface area (Å²) in [6.45, 7) is 6.58. The maximum Gasteiger partial charge on any atom is 0.338 e. The highest BCUT2D eigenvalue weighted by atomic mass is 32.1. The molecule has 0 fully saturated rings. The van der Waals surface area contributed by atoms with Crippen LogP contribution in [0.15, 0.2) is 23.1 Å². The first kappa shape index (κ1) is 14.0. The van der Waals surface area contributed by atoms with Crippen molar-refractivity contribution < 1.29 is 13.9 Å². The minimum absolute atomic E-state index is 0.123. The summed E-state index contributed by atoms with van der Waals surface area (Å²) < 4.78 is 18.0. The average molecular weight is 256 g/mol. The van der Waals surface area contributed by atoms with E-state index in [2.05, 4.69) is 33.4 Å². The predicted molar refractivity (Wildman–Crippen MR) is 68.0 cm³/mol. The van der Waals surface area contributed by atoms with E-state index in [0.717, 1.165) is 6.42 Å². The fraction of sp³-hybridized carbons (Fsp3) is 0.462. The Hall–Kier alpha value is -1.03. The third-order valence-corrected chi connectivity index (χ3v) is 2.61. The van der Waals surface area contributed by atoms with Crippen molar-refractivity contribution in [2.24, 2.45) is 5.41 Å². The second kappa shape index (κ2) is 5.54. The van der Waals surface area contributed by atoms with Crippen LogP contribution in [-0.4, -0.2) is 12.6 Å². The fourth-order valence-electron chi connectivity index (χ4n) is 1.17. The molecule has 0 heterocycles. The van der Waals surface area contributed by atoms with Gasteiger partial charge in [-0.05, 0) is 30.0 Å². The molecule has 0 amide bonds. The Bertz CT molecular complexity index is 410. The summed E-state index contributed by atoms with van der Waals surface area (Å²) >= 11 is 3.92. The minimum atomic E-state index is -0.445. The van der Waals surface area contributed by atoms with E-state index in [9.17, 15) is 9.18 Å². The van der Waals surface area contributed by atoms with Crippen molar-refractivity contribution >= 4 is 18.6 Å². The molecule has 0 aliphatic rings. The second-order valence-electron chi connectivity index (χ2n) is 5.11. The molecule has 17 heavy (non-hydrogen) atoms. The van der Waals surface area contributed by atoms with Crippen molar-refractivity contribution in [3.05, 3.63) is 29.6 Å². The lowest BCUT2D eigenvalue weighted by atomic mass is 9.93. The van der Waals surface area contributed by atoms with Crippen LogP contribution in [0, 0.1) is 11.2 Å². The van der Waals surface area contributed by atoms with Crippen molar-refractivity contribution in [1.82, 2.24) is 0 Å². The van der Waals surface area contributed by atoms with Gasteiger partial charge in [0.25, 0.3) is 0 Å². The molecule has 0 bridgehead atoms. The Morgan fingerprint density at radius 2 is 2.06 bits per heavy atom. The maximum atomic E-state index is 12.9. The van der Waals surface area contributed by atoms with Crippen LogP contribution in [-0.2, 0) is 4.74 Å². The zero-order chi connectivity index (χ0) is 13.1. The number of hydrogen-bond donors (Lipinski definition) is 1. The molecule has 1 aromatic rings. The molecule has 1 aromatic carbocycles. The zero-order valence-electron chi connectivity index (χ0n) is 10.3. The molecule has 0 radical (unpaired) electrons. The van der Waals surface area contributed by atoms with E-state index in [-0.39, 0.29) is 10.3 Å². The lowest BCUT2D eigenvalue weighted by molar-refractivity contribution is 0.0464. The van der Waals surface area contributed by atoms with Crippen molar-refractivity contribution in [2.45, 2.75) is 32.1 Å². The normalized spacial score (nSPS) is 11.4. The average Bonchev–Trinajstić information content (AvgIpc) is 2.20. The molecule has 0 spiro atoms. The molecule has 0 aliphatic heterocycles. The van der Waals surface area contributed by atoms with Crippen LogP contribution in [0.5, 0.6) is 0 Å². The number of carbonyl (C=O) groups is 1. The zero-order valence-corrected chi connectivity index (χ0v) is 11.2. The van der Waals surface area contributed by atoms with Gasteiger partial charge in [-0.3, -0.25) is 0 Å². The third kappa shape index (κ3) is 4.77. The predicted octanol–water partition coefficient (Wildman–Crippen LogP) is 3.71. The van der Waals surface area contributed by atoms with Crippen LogP contribution >= 0.6 is 12.6 Å². The SMILES string of the molecule is CC(C)(C)CCOC(=O)c1ccc(F)c(S)c1.